The zero-order valence-corrected chi connectivity index (χ0v) is 20.0. The number of H-pyrrole nitrogens is 1. The lowest BCUT2D eigenvalue weighted by Gasteiger charge is -2.24. The van der Waals surface area contributed by atoms with Gasteiger partial charge in [0.05, 0.1) is 5.69 Å². The summed E-state index contributed by atoms with van der Waals surface area (Å²) in [5.41, 5.74) is 4.57. The van der Waals surface area contributed by atoms with Crippen molar-refractivity contribution < 1.29 is 4.39 Å². The maximum absolute atomic E-state index is 13.3. The van der Waals surface area contributed by atoms with Crippen molar-refractivity contribution in [1.82, 2.24) is 25.4 Å². The van der Waals surface area contributed by atoms with Gasteiger partial charge in [0, 0.05) is 55.4 Å². The summed E-state index contributed by atoms with van der Waals surface area (Å²) in [7, 11) is 1.80. The van der Waals surface area contributed by atoms with Gasteiger partial charge in [-0.3, -0.25) is 9.67 Å². The molecule has 0 aliphatic heterocycles. The van der Waals surface area contributed by atoms with Gasteiger partial charge in [0.2, 0.25) is 0 Å². The van der Waals surface area contributed by atoms with Crippen LogP contribution in [0.25, 0.3) is 10.9 Å². The Morgan fingerprint density at radius 1 is 1.40 bits per heavy atom. The molecule has 2 heterocycles. The Morgan fingerprint density at radius 2 is 2.23 bits per heavy atom. The molecule has 1 atom stereocenters. The van der Waals surface area contributed by atoms with Gasteiger partial charge in [-0.15, -0.1) is 24.0 Å². The molecule has 0 radical (unpaired) electrons. The number of aliphatic imine (C=N–C) groups is 1. The van der Waals surface area contributed by atoms with Gasteiger partial charge in [-0.2, -0.15) is 5.10 Å². The Kier molecular flexibility index (Phi) is 7.38. The molecule has 1 aliphatic carbocycles. The van der Waals surface area contributed by atoms with E-state index in [4.69, 9.17) is 5.10 Å². The van der Waals surface area contributed by atoms with Crippen LogP contribution in [0.2, 0.25) is 0 Å². The number of aromatic amines is 1. The number of nitrogens with one attached hydrogen (secondary N) is 3. The van der Waals surface area contributed by atoms with E-state index in [1.165, 1.54) is 29.0 Å². The van der Waals surface area contributed by atoms with Crippen LogP contribution in [0.1, 0.15) is 43.1 Å². The summed E-state index contributed by atoms with van der Waals surface area (Å²) in [6.45, 7) is 5.07. The monoisotopic (exact) mass is 524 g/mol. The third-order valence-electron chi connectivity index (χ3n) is 5.61. The first-order valence-electron chi connectivity index (χ1n) is 10.3. The van der Waals surface area contributed by atoms with Gasteiger partial charge in [0.1, 0.15) is 5.82 Å². The highest BCUT2D eigenvalue weighted by Crippen LogP contribution is 2.22. The number of nitrogens with zero attached hydrogens (tertiary/aromatic N) is 3. The minimum absolute atomic E-state index is 0. The van der Waals surface area contributed by atoms with Crippen LogP contribution in [0.4, 0.5) is 4.39 Å². The first kappa shape index (κ1) is 22.6. The van der Waals surface area contributed by atoms with Crippen LogP contribution in [0.5, 0.6) is 0 Å². The predicted molar refractivity (Wildman–Crippen MR) is 130 cm³/mol. The lowest BCUT2D eigenvalue weighted by atomic mass is 9.94. The minimum Gasteiger partial charge on any atom is -0.361 e. The Morgan fingerprint density at radius 3 is 3.00 bits per heavy atom. The highest BCUT2D eigenvalue weighted by atomic mass is 127. The van der Waals surface area contributed by atoms with Gasteiger partial charge in [0.25, 0.3) is 0 Å². The highest BCUT2D eigenvalue weighted by molar-refractivity contribution is 14.0. The molecule has 0 bridgehead atoms. The summed E-state index contributed by atoms with van der Waals surface area (Å²) in [6.07, 6.45) is 8.02. The summed E-state index contributed by atoms with van der Waals surface area (Å²) in [5.74, 6) is 0.593. The van der Waals surface area contributed by atoms with Gasteiger partial charge >= 0.3 is 0 Å². The van der Waals surface area contributed by atoms with Crippen molar-refractivity contribution in [1.29, 1.82) is 0 Å². The average Bonchev–Trinajstić information content (AvgIpc) is 3.30. The largest absolute Gasteiger partial charge is 0.361 e. The quantitative estimate of drug-likeness (QED) is 0.269. The van der Waals surface area contributed by atoms with Gasteiger partial charge in [-0.25, -0.2) is 4.39 Å². The number of aromatic nitrogens is 3. The molecular weight excluding hydrogens is 494 g/mol. The van der Waals surface area contributed by atoms with E-state index in [2.05, 4.69) is 45.3 Å². The Hall–Kier alpha value is -2.10. The predicted octanol–water partition coefficient (Wildman–Crippen LogP) is 3.97. The molecule has 8 heteroatoms. The van der Waals surface area contributed by atoms with Gasteiger partial charge in [-0.05, 0) is 62.4 Å². The summed E-state index contributed by atoms with van der Waals surface area (Å²) >= 11 is 0. The van der Waals surface area contributed by atoms with Gasteiger partial charge in [0.15, 0.2) is 5.96 Å². The summed E-state index contributed by atoms with van der Waals surface area (Å²) in [6, 6.07) is 5.60. The normalized spacial score (nSPS) is 16.4. The van der Waals surface area contributed by atoms with Crippen molar-refractivity contribution in [2.45, 2.75) is 51.6 Å². The Bertz CT molecular complexity index is 1020. The topological polar surface area (TPSA) is 70.0 Å². The van der Waals surface area contributed by atoms with Crippen molar-refractivity contribution in [2.24, 2.45) is 4.99 Å². The number of guanidine groups is 1. The molecule has 0 saturated heterocycles. The average molecular weight is 524 g/mol. The van der Waals surface area contributed by atoms with Crippen LogP contribution < -0.4 is 10.6 Å². The molecule has 1 unspecified atom stereocenters. The molecule has 0 spiro atoms. The lowest BCUT2D eigenvalue weighted by Crippen LogP contribution is -2.46. The summed E-state index contributed by atoms with van der Waals surface area (Å²) in [5, 5.41) is 12.8. The molecule has 2 aromatic heterocycles. The molecular formula is C22H30FIN6. The van der Waals surface area contributed by atoms with Crippen LogP contribution in [0.3, 0.4) is 0 Å². The van der Waals surface area contributed by atoms with E-state index in [0.29, 0.717) is 12.1 Å². The smallest absolute Gasteiger partial charge is 0.191 e. The van der Waals surface area contributed by atoms with Gasteiger partial charge in [-0.1, -0.05) is 0 Å². The minimum atomic E-state index is -0.220. The molecule has 4 rings (SSSR count). The fourth-order valence-electron chi connectivity index (χ4n) is 3.97. The first-order valence-corrected chi connectivity index (χ1v) is 10.3. The van der Waals surface area contributed by atoms with Crippen LogP contribution >= 0.6 is 24.0 Å². The highest BCUT2D eigenvalue weighted by Gasteiger charge is 2.23. The molecule has 6 nitrogen and oxygen atoms in total. The SMILES string of the molecule is CN=C(NCCc1c[nH]c2cc(F)ccc12)NC1CCc2cn(C(C)C)nc2C1.I. The standard InChI is InChI=1S/C22H29FN6.HI/c1-14(2)29-13-16-4-6-18(11-20(16)28-29)27-22(24-3)25-9-8-15-12-26-21-10-17(23)5-7-19(15)21;/h5,7,10,12-14,18,26H,4,6,8-9,11H2,1-3H3,(H2,24,25,27);1H. The number of rotatable bonds is 5. The van der Waals surface area contributed by atoms with Crippen molar-refractivity contribution in [2.75, 3.05) is 13.6 Å². The number of benzene rings is 1. The molecule has 0 amide bonds. The number of aryl methyl sites for hydroxylation is 1. The van der Waals surface area contributed by atoms with Crippen LogP contribution in [-0.2, 0) is 19.3 Å². The third-order valence-corrected chi connectivity index (χ3v) is 5.61. The van der Waals surface area contributed by atoms with Gasteiger partial charge < -0.3 is 15.6 Å². The molecule has 30 heavy (non-hydrogen) atoms. The van der Waals surface area contributed by atoms with Crippen LogP contribution in [0.15, 0.2) is 35.6 Å². The number of hydrogen-bond donors (Lipinski definition) is 3. The van der Waals surface area contributed by atoms with Crippen LogP contribution in [-0.4, -0.2) is 40.4 Å². The molecule has 0 fully saturated rings. The van der Waals surface area contributed by atoms with E-state index in [0.717, 1.165) is 49.1 Å². The molecule has 1 aromatic carbocycles. The Balaban J connectivity index is 0.00000256. The maximum Gasteiger partial charge on any atom is 0.191 e. The Labute approximate surface area is 193 Å². The summed E-state index contributed by atoms with van der Waals surface area (Å²) < 4.78 is 15.4. The molecule has 3 N–H and O–H groups in total. The molecule has 3 aromatic rings. The van der Waals surface area contributed by atoms with E-state index < -0.39 is 0 Å². The van der Waals surface area contributed by atoms with E-state index in [1.54, 1.807) is 7.05 Å². The van der Waals surface area contributed by atoms with Crippen molar-refractivity contribution in [3.63, 3.8) is 0 Å². The molecule has 162 valence electrons. The van der Waals surface area contributed by atoms with Crippen molar-refractivity contribution in [3.05, 3.63) is 53.2 Å². The van der Waals surface area contributed by atoms with E-state index >= 15 is 0 Å². The lowest BCUT2D eigenvalue weighted by molar-refractivity contribution is 0.499. The second-order valence-corrected chi connectivity index (χ2v) is 8.01. The maximum atomic E-state index is 13.3. The number of hydrogen-bond acceptors (Lipinski definition) is 2. The van der Waals surface area contributed by atoms with Crippen molar-refractivity contribution >= 4 is 40.8 Å². The van der Waals surface area contributed by atoms with E-state index in [9.17, 15) is 4.39 Å². The second kappa shape index (κ2) is 9.80. The zero-order valence-electron chi connectivity index (χ0n) is 17.7. The summed E-state index contributed by atoms with van der Waals surface area (Å²) in [4.78, 5) is 7.52. The number of halogens is 2. The second-order valence-electron chi connectivity index (χ2n) is 8.01. The van der Waals surface area contributed by atoms with Crippen molar-refractivity contribution in [3.8, 4) is 0 Å². The molecule has 0 saturated carbocycles. The first-order chi connectivity index (χ1) is 14.0. The van der Waals surface area contributed by atoms with E-state index in [-0.39, 0.29) is 29.8 Å². The zero-order chi connectivity index (χ0) is 20.4. The fourth-order valence-corrected chi connectivity index (χ4v) is 3.97. The molecule has 1 aliphatic rings. The van der Waals surface area contributed by atoms with E-state index in [1.807, 2.05) is 12.3 Å². The fraction of sp³-hybridized carbons (Fsp3) is 0.455. The van der Waals surface area contributed by atoms with Crippen LogP contribution in [0, 0.1) is 5.82 Å². The number of fused-ring (bicyclic) bond motifs is 2. The third kappa shape index (κ3) is 4.96.